The molecule has 2 aromatic carbocycles. The van der Waals surface area contributed by atoms with Crippen LogP contribution < -0.4 is 0 Å². The van der Waals surface area contributed by atoms with Crippen LogP contribution >= 0.6 is 34.8 Å². The molecule has 1 nitrogen and oxygen atoms in total. The third-order valence-corrected chi connectivity index (χ3v) is 4.38. The maximum absolute atomic E-state index is 11.6. The van der Waals surface area contributed by atoms with Crippen LogP contribution in [0.3, 0.4) is 0 Å². The Morgan fingerprint density at radius 1 is 0.789 bits per heavy atom. The maximum Gasteiger partial charge on any atom is 0.163 e. The smallest absolute Gasteiger partial charge is 0.163 e. The number of fused-ring (bicyclic) bond motifs is 1. The molecule has 1 aliphatic carbocycles. The number of ketones is 1. The molecule has 96 valence electrons. The molecule has 0 saturated carbocycles. The van der Waals surface area contributed by atoms with Gasteiger partial charge in [0.05, 0.1) is 10.0 Å². The Kier molecular flexibility index (Phi) is 3.30. The van der Waals surface area contributed by atoms with Crippen LogP contribution in [0.15, 0.2) is 30.3 Å². The quantitative estimate of drug-likeness (QED) is 0.641. The Labute approximate surface area is 126 Å². The molecule has 0 aliphatic heterocycles. The zero-order chi connectivity index (χ0) is 13.6. The lowest BCUT2D eigenvalue weighted by molar-refractivity contribution is 0.0994. The third-order valence-electron chi connectivity index (χ3n) is 3.35. The molecule has 0 radical (unpaired) electrons. The Bertz CT molecular complexity index is 692. The minimum Gasteiger partial charge on any atom is -0.294 e. The molecule has 0 saturated heterocycles. The minimum absolute atomic E-state index is 0.210. The van der Waals surface area contributed by atoms with Gasteiger partial charge in [-0.2, -0.15) is 0 Å². The minimum atomic E-state index is 0.210. The summed E-state index contributed by atoms with van der Waals surface area (Å²) in [5.41, 5.74) is 3.68. The summed E-state index contributed by atoms with van der Waals surface area (Å²) in [7, 11) is 0. The highest BCUT2D eigenvalue weighted by Gasteiger charge is 2.20. The largest absolute Gasteiger partial charge is 0.294 e. The molecule has 0 unspecified atom stereocenters. The highest BCUT2D eigenvalue weighted by molar-refractivity contribution is 6.44. The van der Waals surface area contributed by atoms with Crippen molar-refractivity contribution in [3.63, 3.8) is 0 Å². The van der Waals surface area contributed by atoms with Crippen LogP contribution in [0.2, 0.25) is 15.1 Å². The standard InChI is InChI=1S/C15H9Cl3O/c16-12-7-14(18)13(17)6-11(12)9-1-3-10-8(5-9)2-4-15(10)19/h1,3,5-7H,2,4H2. The molecule has 3 rings (SSSR count). The van der Waals surface area contributed by atoms with Crippen LogP contribution in [0.4, 0.5) is 0 Å². The van der Waals surface area contributed by atoms with Gasteiger partial charge in [-0.05, 0) is 29.7 Å². The van der Waals surface area contributed by atoms with Gasteiger partial charge in [-0.15, -0.1) is 0 Å². The van der Waals surface area contributed by atoms with Crippen molar-refractivity contribution >= 4 is 40.6 Å². The van der Waals surface area contributed by atoms with Gasteiger partial charge >= 0.3 is 0 Å². The lowest BCUT2D eigenvalue weighted by Gasteiger charge is -2.08. The van der Waals surface area contributed by atoms with Crippen molar-refractivity contribution in [3.05, 3.63) is 56.5 Å². The second kappa shape index (κ2) is 4.82. The number of benzene rings is 2. The van der Waals surface area contributed by atoms with E-state index in [2.05, 4.69) is 0 Å². The first kappa shape index (κ1) is 13.0. The summed E-state index contributed by atoms with van der Waals surface area (Å²) in [4.78, 5) is 11.6. The molecular weight excluding hydrogens is 303 g/mol. The second-order valence-corrected chi connectivity index (χ2v) is 5.76. The Hall–Kier alpha value is -1.02. The van der Waals surface area contributed by atoms with Gasteiger partial charge in [0.15, 0.2) is 5.78 Å². The molecule has 1 aliphatic rings. The Balaban J connectivity index is 2.13. The van der Waals surface area contributed by atoms with Gasteiger partial charge in [0.25, 0.3) is 0 Å². The number of hydrogen-bond acceptors (Lipinski definition) is 1. The van der Waals surface area contributed by atoms with E-state index in [-0.39, 0.29) is 5.78 Å². The van der Waals surface area contributed by atoms with Crippen LogP contribution in [-0.2, 0) is 6.42 Å². The molecule has 0 spiro atoms. The van der Waals surface area contributed by atoms with E-state index >= 15 is 0 Å². The van der Waals surface area contributed by atoms with Crippen LogP contribution in [0, 0.1) is 0 Å². The first-order chi connectivity index (χ1) is 9.06. The van der Waals surface area contributed by atoms with E-state index in [1.807, 2.05) is 18.2 Å². The molecule has 2 aromatic rings. The van der Waals surface area contributed by atoms with E-state index in [1.165, 1.54) is 0 Å². The molecule has 0 atom stereocenters. The number of Topliss-reactive ketones (excluding diaryl/α,β-unsaturated/α-hetero) is 1. The molecule has 4 heteroatoms. The first-order valence-corrected chi connectivity index (χ1v) is 7.00. The van der Waals surface area contributed by atoms with Crippen molar-refractivity contribution in [2.45, 2.75) is 12.8 Å². The second-order valence-electron chi connectivity index (χ2n) is 4.54. The van der Waals surface area contributed by atoms with Crippen molar-refractivity contribution in [3.8, 4) is 11.1 Å². The van der Waals surface area contributed by atoms with E-state index in [4.69, 9.17) is 34.8 Å². The predicted octanol–water partition coefficient (Wildman–Crippen LogP) is 5.44. The fourth-order valence-electron chi connectivity index (χ4n) is 2.37. The van der Waals surface area contributed by atoms with Crippen LogP contribution in [0.25, 0.3) is 11.1 Å². The highest BCUT2D eigenvalue weighted by atomic mass is 35.5. The van der Waals surface area contributed by atoms with Gasteiger partial charge in [-0.25, -0.2) is 0 Å². The fourth-order valence-corrected chi connectivity index (χ4v) is 3.02. The topological polar surface area (TPSA) is 17.1 Å². The van der Waals surface area contributed by atoms with E-state index in [9.17, 15) is 4.79 Å². The maximum atomic E-state index is 11.6. The average Bonchev–Trinajstić information content (AvgIpc) is 2.75. The summed E-state index contributed by atoms with van der Waals surface area (Å²) < 4.78 is 0. The lowest BCUT2D eigenvalue weighted by Crippen LogP contribution is -1.91. The molecular formula is C15H9Cl3O. The molecule has 0 aromatic heterocycles. The number of carbonyl (C=O) groups is 1. The van der Waals surface area contributed by atoms with E-state index in [1.54, 1.807) is 12.1 Å². The van der Waals surface area contributed by atoms with Crippen molar-refractivity contribution in [1.82, 2.24) is 0 Å². The van der Waals surface area contributed by atoms with Crippen molar-refractivity contribution in [2.24, 2.45) is 0 Å². The average molecular weight is 312 g/mol. The van der Waals surface area contributed by atoms with Crippen molar-refractivity contribution in [2.75, 3.05) is 0 Å². The number of hydrogen-bond donors (Lipinski definition) is 0. The molecule has 0 fully saturated rings. The molecule has 0 N–H and O–H groups in total. The third kappa shape index (κ3) is 2.27. The van der Waals surface area contributed by atoms with Crippen LogP contribution in [0.5, 0.6) is 0 Å². The summed E-state index contributed by atoms with van der Waals surface area (Å²) in [6, 6.07) is 9.15. The fraction of sp³-hybridized carbons (Fsp3) is 0.133. The van der Waals surface area contributed by atoms with Crippen LogP contribution in [0.1, 0.15) is 22.3 Å². The normalized spacial score (nSPS) is 13.7. The lowest BCUT2D eigenvalue weighted by atomic mass is 10.0. The summed E-state index contributed by atoms with van der Waals surface area (Å²) in [5.74, 6) is 0.210. The van der Waals surface area contributed by atoms with Gasteiger partial charge in [-0.3, -0.25) is 4.79 Å². The van der Waals surface area contributed by atoms with Gasteiger partial charge in [0.2, 0.25) is 0 Å². The number of halogens is 3. The first-order valence-electron chi connectivity index (χ1n) is 5.87. The van der Waals surface area contributed by atoms with Gasteiger partial charge in [0.1, 0.15) is 0 Å². The number of carbonyl (C=O) groups excluding carboxylic acids is 1. The number of aryl methyl sites for hydroxylation is 1. The van der Waals surface area contributed by atoms with Crippen molar-refractivity contribution in [1.29, 1.82) is 0 Å². The van der Waals surface area contributed by atoms with Crippen molar-refractivity contribution < 1.29 is 4.79 Å². The van der Waals surface area contributed by atoms with Gasteiger partial charge in [0, 0.05) is 22.6 Å². The summed E-state index contributed by atoms with van der Waals surface area (Å²) in [5, 5.41) is 1.46. The molecule has 0 heterocycles. The highest BCUT2D eigenvalue weighted by Crippen LogP contribution is 2.36. The van der Waals surface area contributed by atoms with E-state index in [0.717, 1.165) is 28.7 Å². The van der Waals surface area contributed by atoms with Gasteiger partial charge in [-0.1, -0.05) is 53.0 Å². The number of rotatable bonds is 1. The molecule has 0 bridgehead atoms. The SMILES string of the molecule is O=C1CCc2cc(-c3cc(Cl)c(Cl)cc3Cl)ccc21. The predicted molar refractivity (Wildman–Crippen MR) is 79.6 cm³/mol. The zero-order valence-corrected chi connectivity index (χ0v) is 12.1. The summed E-state index contributed by atoms with van der Waals surface area (Å²) >= 11 is 18.2. The van der Waals surface area contributed by atoms with Gasteiger partial charge < -0.3 is 0 Å². The zero-order valence-electron chi connectivity index (χ0n) is 9.84. The van der Waals surface area contributed by atoms with E-state index in [0.29, 0.717) is 21.5 Å². The summed E-state index contributed by atoms with van der Waals surface area (Å²) in [6.45, 7) is 0. The van der Waals surface area contributed by atoms with E-state index < -0.39 is 0 Å². The van der Waals surface area contributed by atoms with Crippen LogP contribution in [-0.4, -0.2) is 5.78 Å². The Morgan fingerprint density at radius 2 is 1.53 bits per heavy atom. The molecule has 0 amide bonds. The molecule has 19 heavy (non-hydrogen) atoms. The summed E-state index contributed by atoms with van der Waals surface area (Å²) in [6.07, 6.45) is 1.38. The Morgan fingerprint density at radius 3 is 2.32 bits per heavy atom. The monoisotopic (exact) mass is 310 g/mol.